The van der Waals surface area contributed by atoms with Gasteiger partial charge in [-0.05, 0) is 12.0 Å². The number of hydrogen-bond donors (Lipinski definition) is 1. The zero-order valence-electron chi connectivity index (χ0n) is 11.3. The van der Waals surface area contributed by atoms with Crippen LogP contribution in [0.1, 0.15) is 24.8 Å². The van der Waals surface area contributed by atoms with Crippen molar-refractivity contribution in [3.8, 4) is 0 Å². The first-order valence-electron chi connectivity index (χ1n) is 6.50. The molecule has 6 heteroatoms. The van der Waals surface area contributed by atoms with Crippen LogP contribution in [0.2, 0.25) is 0 Å². The van der Waals surface area contributed by atoms with E-state index in [1.807, 2.05) is 18.2 Å². The fourth-order valence-corrected chi connectivity index (χ4v) is 3.18. The zero-order chi connectivity index (χ0) is 14.2. The number of carbonyl (C=O) groups excluding carboxylic acids is 1. The van der Waals surface area contributed by atoms with Crippen molar-refractivity contribution in [3.05, 3.63) is 41.4 Å². The average molecular weight is 307 g/mol. The summed E-state index contributed by atoms with van der Waals surface area (Å²) in [6.07, 6.45) is 1.01. The molecule has 0 aliphatic carbocycles. The highest BCUT2D eigenvalue weighted by molar-refractivity contribution is 8.01. The lowest BCUT2D eigenvalue weighted by molar-refractivity contribution is -0.118. The molecule has 1 unspecified atom stereocenters. The Morgan fingerprint density at radius 3 is 2.85 bits per heavy atom. The molecule has 2 rings (SSSR count). The normalized spacial score (nSPS) is 12.1. The van der Waals surface area contributed by atoms with Crippen LogP contribution in [0.15, 0.2) is 40.2 Å². The van der Waals surface area contributed by atoms with Crippen LogP contribution < -0.4 is 5.32 Å². The van der Waals surface area contributed by atoms with Gasteiger partial charge in [-0.15, -0.1) is 10.2 Å². The van der Waals surface area contributed by atoms with Gasteiger partial charge in [-0.2, -0.15) is 0 Å². The van der Waals surface area contributed by atoms with E-state index in [0.29, 0.717) is 18.2 Å². The molecule has 4 nitrogen and oxygen atoms in total. The van der Waals surface area contributed by atoms with Crippen LogP contribution in [-0.2, 0) is 4.79 Å². The molecule has 106 valence electrons. The third kappa shape index (κ3) is 4.61. The topological polar surface area (TPSA) is 54.9 Å². The molecule has 0 radical (unpaired) electrons. The highest BCUT2D eigenvalue weighted by Gasteiger charge is 2.11. The van der Waals surface area contributed by atoms with Crippen LogP contribution in [-0.4, -0.2) is 28.4 Å². The first-order chi connectivity index (χ1) is 9.79. The predicted molar refractivity (Wildman–Crippen MR) is 83.1 cm³/mol. The van der Waals surface area contributed by atoms with Crippen LogP contribution in [0.3, 0.4) is 0 Å². The number of nitrogens with zero attached hydrogens (tertiary/aromatic N) is 2. The second kappa shape index (κ2) is 8.01. The van der Waals surface area contributed by atoms with Crippen LogP contribution in [0.4, 0.5) is 0 Å². The number of amides is 1. The molecule has 0 saturated heterocycles. The van der Waals surface area contributed by atoms with Crippen molar-refractivity contribution in [1.29, 1.82) is 0 Å². The highest BCUT2D eigenvalue weighted by Crippen LogP contribution is 2.19. The molecular formula is C14H17N3OS2. The van der Waals surface area contributed by atoms with E-state index in [1.54, 1.807) is 5.51 Å². The van der Waals surface area contributed by atoms with E-state index < -0.39 is 0 Å². The van der Waals surface area contributed by atoms with E-state index in [-0.39, 0.29) is 5.91 Å². The number of carbonyl (C=O) groups is 1. The van der Waals surface area contributed by atoms with Gasteiger partial charge in [0.05, 0.1) is 5.75 Å². The standard InChI is InChI=1S/C14H17N3OS2/c1-2-11(12-6-4-3-5-7-12)8-15-13(18)9-19-14-17-16-10-20-14/h3-7,10-11H,2,8-9H2,1H3,(H,15,18). The van der Waals surface area contributed by atoms with Crippen molar-refractivity contribution in [2.24, 2.45) is 0 Å². The maximum Gasteiger partial charge on any atom is 0.230 e. The number of nitrogens with one attached hydrogen (secondary N) is 1. The van der Waals surface area contributed by atoms with Gasteiger partial charge >= 0.3 is 0 Å². The summed E-state index contributed by atoms with van der Waals surface area (Å²) < 4.78 is 0.829. The lowest BCUT2D eigenvalue weighted by atomic mass is 9.96. The van der Waals surface area contributed by atoms with E-state index >= 15 is 0 Å². The first-order valence-corrected chi connectivity index (χ1v) is 8.36. The lowest BCUT2D eigenvalue weighted by Gasteiger charge is -2.16. The molecule has 1 aromatic carbocycles. The molecule has 1 N–H and O–H groups in total. The van der Waals surface area contributed by atoms with E-state index in [2.05, 4.69) is 34.6 Å². The molecule has 0 aliphatic rings. The summed E-state index contributed by atoms with van der Waals surface area (Å²) >= 11 is 2.87. The summed E-state index contributed by atoms with van der Waals surface area (Å²) in [5, 5.41) is 10.6. The van der Waals surface area contributed by atoms with Crippen LogP contribution in [0, 0.1) is 0 Å². The summed E-state index contributed by atoms with van der Waals surface area (Å²) in [6, 6.07) is 10.3. The molecule has 1 heterocycles. The van der Waals surface area contributed by atoms with Crippen molar-refractivity contribution in [2.75, 3.05) is 12.3 Å². The molecule has 0 fully saturated rings. The van der Waals surface area contributed by atoms with Crippen molar-refractivity contribution in [1.82, 2.24) is 15.5 Å². The van der Waals surface area contributed by atoms with E-state index in [0.717, 1.165) is 10.8 Å². The van der Waals surface area contributed by atoms with Crippen molar-refractivity contribution < 1.29 is 4.79 Å². The zero-order valence-corrected chi connectivity index (χ0v) is 12.9. The quantitative estimate of drug-likeness (QED) is 0.799. The molecule has 0 saturated carbocycles. The summed E-state index contributed by atoms with van der Waals surface area (Å²) in [6.45, 7) is 2.82. The van der Waals surface area contributed by atoms with Gasteiger partial charge in [0.25, 0.3) is 0 Å². The molecular weight excluding hydrogens is 290 g/mol. The number of benzene rings is 1. The maximum atomic E-state index is 11.8. The molecule has 20 heavy (non-hydrogen) atoms. The monoisotopic (exact) mass is 307 g/mol. The second-order valence-corrected chi connectivity index (χ2v) is 6.37. The molecule has 1 amide bonds. The molecule has 0 aliphatic heterocycles. The third-order valence-corrected chi connectivity index (χ3v) is 4.84. The van der Waals surface area contributed by atoms with Crippen molar-refractivity contribution >= 4 is 29.0 Å². The minimum absolute atomic E-state index is 0.0413. The Kier molecular flexibility index (Phi) is 6.01. The summed E-state index contributed by atoms with van der Waals surface area (Å²) in [5.41, 5.74) is 2.94. The smallest absolute Gasteiger partial charge is 0.230 e. The Morgan fingerprint density at radius 2 is 2.20 bits per heavy atom. The summed E-state index contributed by atoms with van der Waals surface area (Å²) in [5.74, 6) is 0.798. The van der Waals surface area contributed by atoms with E-state index in [1.165, 1.54) is 28.7 Å². The van der Waals surface area contributed by atoms with Gasteiger partial charge < -0.3 is 5.32 Å². The van der Waals surface area contributed by atoms with Gasteiger partial charge in [-0.1, -0.05) is 60.4 Å². The Labute approximate surface area is 127 Å². The summed E-state index contributed by atoms with van der Waals surface area (Å²) in [4.78, 5) is 11.8. The van der Waals surface area contributed by atoms with Crippen molar-refractivity contribution in [3.63, 3.8) is 0 Å². The lowest BCUT2D eigenvalue weighted by Crippen LogP contribution is -2.29. The predicted octanol–water partition coefficient (Wildman–Crippen LogP) is 2.94. The van der Waals surface area contributed by atoms with E-state index in [4.69, 9.17) is 0 Å². The fourth-order valence-electron chi connectivity index (χ4n) is 1.86. The van der Waals surface area contributed by atoms with Gasteiger partial charge in [0.2, 0.25) is 5.91 Å². The molecule has 1 aromatic heterocycles. The van der Waals surface area contributed by atoms with Gasteiger partial charge in [0.1, 0.15) is 5.51 Å². The second-order valence-electron chi connectivity index (χ2n) is 4.31. The largest absolute Gasteiger partial charge is 0.355 e. The Balaban J connectivity index is 1.77. The highest BCUT2D eigenvalue weighted by atomic mass is 32.2. The van der Waals surface area contributed by atoms with Crippen LogP contribution in [0.5, 0.6) is 0 Å². The molecule has 0 bridgehead atoms. The van der Waals surface area contributed by atoms with Gasteiger partial charge in [-0.3, -0.25) is 4.79 Å². The van der Waals surface area contributed by atoms with Gasteiger partial charge in [0, 0.05) is 12.5 Å². The number of thioether (sulfide) groups is 1. The molecule has 2 aromatic rings. The van der Waals surface area contributed by atoms with Gasteiger partial charge in [0.15, 0.2) is 4.34 Å². The Bertz CT molecular complexity index is 516. The molecule has 0 spiro atoms. The van der Waals surface area contributed by atoms with Crippen LogP contribution >= 0.6 is 23.1 Å². The minimum atomic E-state index is 0.0413. The maximum absolute atomic E-state index is 11.8. The number of rotatable bonds is 7. The SMILES string of the molecule is CCC(CNC(=O)CSc1nncs1)c1ccccc1. The van der Waals surface area contributed by atoms with Crippen molar-refractivity contribution in [2.45, 2.75) is 23.6 Å². The number of hydrogen-bond acceptors (Lipinski definition) is 5. The molecule has 1 atom stereocenters. The van der Waals surface area contributed by atoms with E-state index in [9.17, 15) is 4.79 Å². The van der Waals surface area contributed by atoms with Crippen LogP contribution in [0.25, 0.3) is 0 Å². The van der Waals surface area contributed by atoms with Gasteiger partial charge in [-0.25, -0.2) is 0 Å². The number of aromatic nitrogens is 2. The fraction of sp³-hybridized carbons (Fsp3) is 0.357. The first kappa shape index (κ1) is 15.0. The minimum Gasteiger partial charge on any atom is -0.355 e. The summed E-state index contributed by atoms with van der Waals surface area (Å²) in [7, 11) is 0. The Hall–Kier alpha value is -1.40. The average Bonchev–Trinajstić information content (AvgIpc) is 3.00. The Morgan fingerprint density at radius 1 is 1.40 bits per heavy atom. The third-order valence-electron chi connectivity index (χ3n) is 2.98.